The van der Waals surface area contributed by atoms with Crippen LogP contribution in [-0.4, -0.2) is 19.6 Å². The van der Waals surface area contributed by atoms with Crippen LogP contribution >= 0.6 is 16.8 Å². The normalized spacial score (nSPS) is 13.9. The van der Waals surface area contributed by atoms with Crippen molar-refractivity contribution in [2.45, 2.75) is 428 Å². The summed E-state index contributed by atoms with van der Waals surface area (Å²) in [5, 5.41) is 0.538. The molecule has 4 nitrogen and oxygen atoms in total. The van der Waals surface area contributed by atoms with Crippen molar-refractivity contribution in [1.82, 2.24) is 0 Å². The monoisotopic (exact) mass is 1510 g/mol. The Bertz CT molecular complexity index is 4060. The molecule has 4 N–H and O–H groups in total. The van der Waals surface area contributed by atoms with Crippen LogP contribution in [0.3, 0.4) is 0 Å². The van der Waals surface area contributed by atoms with Crippen molar-refractivity contribution in [3.63, 3.8) is 0 Å². The van der Waals surface area contributed by atoms with Gasteiger partial charge in [-0.15, -0.1) is 0 Å². The lowest BCUT2D eigenvalue weighted by Crippen LogP contribution is -2.29. The van der Waals surface area contributed by atoms with E-state index in [0.717, 1.165) is 139 Å². The van der Waals surface area contributed by atoms with Gasteiger partial charge in [-0.3, -0.25) is 0 Å². The first-order valence-corrected chi connectivity index (χ1v) is 46.9. The number of rotatable bonds is 42. The summed E-state index contributed by atoms with van der Waals surface area (Å²) in [5.41, 5.74) is 30.3. The molecule has 6 heteroatoms. The fourth-order valence-corrected chi connectivity index (χ4v) is 21.7. The van der Waals surface area contributed by atoms with Crippen molar-refractivity contribution in [3.8, 4) is 66.8 Å². The molecule has 9 rings (SSSR count). The molecule has 6 aromatic rings. The minimum Gasteiger partial charge on any atom is -0.347 e. The van der Waals surface area contributed by atoms with Crippen molar-refractivity contribution < 1.29 is 19.6 Å². The van der Waals surface area contributed by atoms with E-state index in [1.807, 2.05) is 6.07 Å². The van der Waals surface area contributed by atoms with E-state index < -0.39 is 16.8 Å². The zero-order valence-corrected chi connectivity index (χ0v) is 75.3. The topological polar surface area (TPSA) is 80.9 Å². The molecule has 0 aromatic heterocycles. The summed E-state index contributed by atoms with van der Waals surface area (Å²) in [5.74, 6) is 0. The summed E-state index contributed by atoms with van der Waals surface area (Å²) in [6, 6.07) is 26.0. The second-order valence-electron chi connectivity index (χ2n) is 40.0. The highest BCUT2D eigenvalue weighted by Crippen LogP contribution is 2.69. The number of hydrogen-bond acceptors (Lipinski definition) is 4. The molecule has 6 aromatic carbocycles. The van der Waals surface area contributed by atoms with E-state index in [0.29, 0.717) is 5.30 Å². The lowest BCUT2D eigenvalue weighted by molar-refractivity contribution is 0.436. The summed E-state index contributed by atoms with van der Waals surface area (Å²) >= 11 is 0. The van der Waals surface area contributed by atoms with Gasteiger partial charge in [0.1, 0.15) is 0 Å². The molecule has 0 aliphatic heterocycles. The van der Waals surface area contributed by atoms with Crippen molar-refractivity contribution in [3.05, 3.63) is 127 Å². The molecular formula is C102H154O4P2. The molecule has 0 unspecified atom stereocenters. The molecule has 596 valence electrons. The maximum Gasteiger partial charge on any atom is 0.201 e. The molecule has 3 aliphatic carbocycles. The Morgan fingerprint density at radius 1 is 0.241 bits per heavy atom. The molecule has 108 heavy (non-hydrogen) atoms. The molecule has 0 atom stereocenters. The van der Waals surface area contributed by atoms with Gasteiger partial charge in [0.15, 0.2) is 8.38 Å². The summed E-state index contributed by atoms with van der Waals surface area (Å²) in [6.07, 6.45) is 38.2. The van der Waals surface area contributed by atoms with Gasteiger partial charge in [-0.1, -0.05) is 375 Å². The minimum atomic E-state index is -2.85. The van der Waals surface area contributed by atoms with Crippen LogP contribution in [0.1, 0.15) is 438 Å². The maximum absolute atomic E-state index is 12.6. The minimum absolute atomic E-state index is 0.107. The Kier molecular flexibility index (Phi) is 29.5. The predicted molar refractivity (Wildman–Crippen MR) is 478 cm³/mol. The molecule has 0 fully saturated rings. The van der Waals surface area contributed by atoms with Gasteiger partial charge in [0.05, 0.1) is 5.30 Å². The van der Waals surface area contributed by atoms with Gasteiger partial charge in [-0.25, -0.2) is 0 Å². The van der Waals surface area contributed by atoms with Gasteiger partial charge in [-0.05, 0) is 236 Å². The average Bonchev–Trinajstić information content (AvgIpc) is 1.24. The zero-order valence-electron chi connectivity index (χ0n) is 73.5. The van der Waals surface area contributed by atoms with Crippen molar-refractivity contribution in [1.29, 1.82) is 0 Å². The third kappa shape index (κ3) is 18.5. The van der Waals surface area contributed by atoms with E-state index in [2.05, 4.69) is 221 Å². The van der Waals surface area contributed by atoms with Crippen LogP contribution in [0.2, 0.25) is 0 Å². The van der Waals surface area contributed by atoms with Gasteiger partial charge >= 0.3 is 0 Å². The van der Waals surface area contributed by atoms with Crippen LogP contribution in [0.5, 0.6) is 0 Å². The lowest BCUT2D eigenvalue weighted by Gasteiger charge is -2.42. The Hall–Kier alpha value is -3.98. The molecule has 0 saturated carbocycles. The van der Waals surface area contributed by atoms with E-state index in [1.165, 1.54) is 213 Å². The second kappa shape index (κ2) is 36.2. The first-order chi connectivity index (χ1) is 50.9. The Morgan fingerprint density at radius 3 is 0.667 bits per heavy atom. The average molecular weight is 1510 g/mol. The highest BCUT2D eigenvalue weighted by molar-refractivity contribution is 7.61. The van der Waals surface area contributed by atoms with Crippen LogP contribution < -0.4 is 10.6 Å². The quantitative estimate of drug-likeness (QED) is 0.0227. The molecular weight excluding hydrogens is 1350 g/mol. The van der Waals surface area contributed by atoms with Crippen LogP contribution in [0.15, 0.2) is 60.7 Å². The SMILES string of the molecule is CCCCCC(C)(C)c1cc2c(c(C(C)(C)CCCCC)c1)-c1c3c(c4c(c1-c1c(cc(C(C)(C)CCCCC)cc1C(C)(C)CCCCC)C2)-c1c(cc(C(C)(C)CCCCC)cc1C(C)(C)CCCCC)Cc1cc(C(C)(C)CCCCC)cc(C(C)(C)CCCCC)c1-4)-c1c-3ccc(P(O)O)c1P(O)O. The van der Waals surface area contributed by atoms with Gasteiger partial charge < -0.3 is 19.6 Å². The van der Waals surface area contributed by atoms with E-state index in [1.54, 1.807) is 0 Å². The highest BCUT2D eigenvalue weighted by atomic mass is 31.2. The number of benzene rings is 6. The number of hydrogen-bond donors (Lipinski definition) is 4. The summed E-state index contributed by atoms with van der Waals surface area (Å²) in [4.78, 5) is 49.0. The largest absolute Gasteiger partial charge is 0.347 e. The van der Waals surface area contributed by atoms with Gasteiger partial charge in [0.2, 0.25) is 8.38 Å². The Balaban J connectivity index is 1.75. The van der Waals surface area contributed by atoms with Crippen LogP contribution in [-0.2, 0) is 56.2 Å². The van der Waals surface area contributed by atoms with Crippen molar-refractivity contribution in [2.24, 2.45) is 0 Å². The summed E-state index contributed by atoms with van der Waals surface area (Å²) < 4.78 is 0. The molecule has 0 spiro atoms. The Labute approximate surface area is 664 Å². The zero-order chi connectivity index (χ0) is 79.3. The van der Waals surface area contributed by atoms with E-state index >= 15 is 0 Å². The molecule has 0 amide bonds. The van der Waals surface area contributed by atoms with Crippen LogP contribution in [0.25, 0.3) is 66.8 Å². The van der Waals surface area contributed by atoms with Crippen LogP contribution in [0.4, 0.5) is 0 Å². The molecule has 0 heterocycles. The fraction of sp³-hybridized carbons (Fsp3) is 0.647. The standard InChI is InChI=1S/C102H154O4P2/c1-25-33-41-51-95(9,10)73-61-69-59-70-62-74(96(11,12)52-42-34-26-2)66-79(100(19,20)56-46-38-30-6)84(70)90-89(83(69)78(65-73)99(17,18)55-45-37-29-5)87-77-49-50-82(107(103)104)94(108(105)106)88(77)93(87)92-86-72(64-76(98(15,16)54-44-36-28-4)68-81(86)102(23,24)58-48-40-32-8)60-71-63-75(97(13,14)53-43-35-27-3)67-80(85(71)91(90)92)101(21,22)57-47-39-31-7/h49-50,61-68,103-106H,25-48,51-60H2,1-24H3. The van der Waals surface area contributed by atoms with E-state index in [4.69, 9.17) is 0 Å². The smallest absolute Gasteiger partial charge is 0.201 e. The predicted octanol–water partition coefficient (Wildman–Crippen LogP) is 30.5. The fourth-order valence-electron chi connectivity index (χ4n) is 19.9. The van der Waals surface area contributed by atoms with Crippen molar-refractivity contribution >= 4 is 27.4 Å². The van der Waals surface area contributed by atoms with E-state index in [9.17, 15) is 19.6 Å². The van der Waals surface area contributed by atoms with Gasteiger partial charge in [-0.2, -0.15) is 0 Å². The Morgan fingerprint density at radius 2 is 0.454 bits per heavy atom. The molecule has 0 saturated heterocycles. The molecule has 3 aliphatic rings. The lowest BCUT2D eigenvalue weighted by atomic mass is 9.62. The van der Waals surface area contributed by atoms with Gasteiger partial charge in [0.25, 0.3) is 0 Å². The summed E-state index contributed by atoms with van der Waals surface area (Å²) in [6.45, 7) is 60.0. The molecule has 0 bridgehead atoms. The first-order valence-electron chi connectivity index (χ1n) is 44.4. The van der Waals surface area contributed by atoms with Gasteiger partial charge in [0, 0.05) is 16.4 Å². The third-order valence-corrected chi connectivity index (χ3v) is 29.4. The van der Waals surface area contributed by atoms with E-state index in [-0.39, 0.29) is 48.6 Å². The second-order valence-corrected chi connectivity index (χ2v) is 42.1. The highest BCUT2D eigenvalue weighted by Gasteiger charge is 2.48. The first kappa shape index (κ1) is 88.0. The molecule has 0 radical (unpaired) electrons. The summed E-state index contributed by atoms with van der Waals surface area (Å²) in [7, 11) is -5.58. The number of unbranched alkanes of at least 4 members (excludes halogenated alkanes) is 16. The third-order valence-electron chi connectivity index (χ3n) is 27.5. The maximum atomic E-state index is 12.6. The van der Waals surface area contributed by atoms with Crippen molar-refractivity contribution in [2.75, 3.05) is 0 Å². The number of fused-ring (bicyclic) bond motifs is 17. The van der Waals surface area contributed by atoms with Crippen LogP contribution in [0, 0.1) is 0 Å².